The molecule has 110 valence electrons. The number of aliphatic carboxylic acids is 1. The molecular formula is C11H11ClF2N2O4. The standard InChI is InChI=1S/C11H11ClF2N2O4/c12-6-3-5(13)4-7(14)9(6)16-11(20)15-2-1-8(17)10(18)19/h3-4,8,17H,1-2H2,(H,18,19)(H2,15,16,20). The fourth-order valence-electron chi connectivity index (χ4n) is 1.27. The van der Waals surface area contributed by atoms with Crippen molar-refractivity contribution in [2.24, 2.45) is 0 Å². The second-order valence-electron chi connectivity index (χ2n) is 3.77. The average Bonchev–Trinajstić information content (AvgIpc) is 2.33. The lowest BCUT2D eigenvalue weighted by molar-refractivity contribution is -0.146. The molecule has 0 aliphatic heterocycles. The second kappa shape index (κ2) is 7.01. The fraction of sp³-hybridized carbons (Fsp3) is 0.273. The molecule has 0 aliphatic rings. The molecule has 1 rings (SSSR count). The molecule has 9 heteroatoms. The van der Waals surface area contributed by atoms with Gasteiger partial charge in [0.25, 0.3) is 0 Å². The van der Waals surface area contributed by atoms with Crippen LogP contribution in [0.5, 0.6) is 0 Å². The summed E-state index contributed by atoms with van der Waals surface area (Å²) < 4.78 is 26.1. The number of anilines is 1. The molecule has 1 unspecified atom stereocenters. The number of hydrogen-bond donors (Lipinski definition) is 4. The molecule has 0 saturated heterocycles. The first-order valence-corrected chi connectivity index (χ1v) is 5.79. The number of carboxylic acid groups (broad SMARTS) is 1. The van der Waals surface area contributed by atoms with E-state index in [-0.39, 0.29) is 18.0 Å². The van der Waals surface area contributed by atoms with Crippen LogP contribution in [-0.2, 0) is 4.79 Å². The number of carbonyl (C=O) groups excluding carboxylic acids is 1. The van der Waals surface area contributed by atoms with Crippen molar-refractivity contribution >= 4 is 29.3 Å². The van der Waals surface area contributed by atoms with Gasteiger partial charge in [-0.15, -0.1) is 0 Å². The molecule has 0 radical (unpaired) electrons. The fourth-order valence-corrected chi connectivity index (χ4v) is 1.51. The van der Waals surface area contributed by atoms with Crippen LogP contribution in [-0.4, -0.2) is 34.9 Å². The molecule has 2 amide bonds. The van der Waals surface area contributed by atoms with Crippen LogP contribution in [0.3, 0.4) is 0 Å². The van der Waals surface area contributed by atoms with Gasteiger partial charge in [0.05, 0.1) is 10.7 Å². The zero-order valence-electron chi connectivity index (χ0n) is 9.99. The topological polar surface area (TPSA) is 98.7 Å². The van der Waals surface area contributed by atoms with Crippen molar-refractivity contribution in [2.45, 2.75) is 12.5 Å². The number of carbonyl (C=O) groups is 2. The van der Waals surface area contributed by atoms with E-state index in [1.807, 2.05) is 0 Å². The molecule has 20 heavy (non-hydrogen) atoms. The lowest BCUT2D eigenvalue weighted by Gasteiger charge is -2.10. The minimum absolute atomic E-state index is 0.153. The van der Waals surface area contributed by atoms with Gasteiger partial charge in [-0.1, -0.05) is 11.6 Å². The van der Waals surface area contributed by atoms with Gasteiger partial charge in [0.15, 0.2) is 11.9 Å². The molecule has 0 aromatic heterocycles. The molecule has 0 fully saturated rings. The van der Waals surface area contributed by atoms with E-state index < -0.39 is 35.4 Å². The number of aliphatic hydroxyl groups excluding tert-OH is 1. The van der Waals surface area contributed by atoms with Crippen LogP contribution < -0.4 is 10.6 Å². The number of amides is 2. The summed E-state index contributed by atoms with van der Waals surface area (Å²) in [6.07, 6.45) is -1.83. The molecule has 0 saturated carbocycles. The van der Waals surface area contributed by atoms with Crippen molar-refractivity contribution < 1.29 is 28.6 Å². The Bertz CT molecular complexity index is 504. The third-order valence-corrected chi connectivity index (χ3v) is 2.53. The van der Waals surface area contributed by atoms with Crippen molar-refractivity contribution in [1.82, 2.24) is 5.32 Å². The Morgan fingerprint density at radius 3 is 2.55 bits per heavy atom. The highest BCUT2D eigenvalue weighted by Gasteiger charge is 2.15. The van der Waals surface area contributed by atoms with Gasteiger partial charge in [-0.05, 0) is 6.07 Å². The first-order chi connectivity index (χ1) is 9.31. The zero-order valence-corrected chi connectivity index (χ0v) is 10.7. The Kier molecular flexibility index (Phi) is 5.66. The van der Waals surface area contributed by atoms with E-state index in [1.165, 1.54) is 0 Å². The highest BCUT2D eigenvalue weighted by atomic mass is 35.5. The molecule has 4 N–H and O–H groups in total. The van der Waals surface area contributed by atoms with E-state index in [0.717, 1.165) is 6.07 Å². The van der Waals surface area contributed by atoms with Crippen LogP contribution in [0.4, 0.5) is 19.3 Å². The lowest BCUT2D eigenvalue weighted by atomic mass is 10.2. The minimum Gasteiger partial charge on any atom is -0.479 e. The number of rotatable bonds is 5. The summed E-state index contributed by atoms with van der Waals surface area (Å²) in [4.78, 5) is 21.7. The second-order valence-corrected chi connectivity index (χ2v) is 4.18. The summed E-state index contributed by atoms with van der Waals surface area (Å²) in [7, 11) is 0. The molecule has 1 aromatic carbocycles. The minimum atomic E-state index is -1.61. The van der Waals surface area contributed by atoms with Gasteiger partial charge in [-0.2, -0.15) is 0 Å². The summed E-state index contributed by atoms with van der Waals surface area (Å²) >= 11 is 5.56. The Hall–Kier alpha value is -1.93. The smallest absolute Gasteiger partial charge is 0.332 e. The summed E-state index contributed by atoms with van der Waals surface area (Å²) in [5.74, 6) is -3.35. The highest BCUT2D eigenvalue weighted by Crippen LogP contribution is 2.26. The number of nitrogens with one attached hydrogen (secondary N) is 2. The van der Waals surface area contributed by atoms with E-state index in [0.29, 0.717) is 6.07 Å². The Balaban J connectivity index is 2.53. The average molecular weight is 309 g/mol. The van der Waals surface area contributed by atoms with Crippen LogP contribution >= 0.6 is 11.6 Å². The van der Waals surface area contributed by atoms with Crippen LogP contribution in [0.2, 0.25) is 5.02 Å². The molecule has 0 aliphatic carbocycles. The van der Waals surface area contributed by atoms with Gasteiger partial charge < -0.3 is 20.8 Å². The molecule has 1 atom stereocenters. The van der Waals surface area contributed by atoms with E-state index in [2.05, 4.69) is 10.6 Å². The van der Waals surface area contributed by atoms with Crippen LogP contribution in [0.25, 0.3) is 0 Å². The molecule has 0 bridgehead atoms. The summed E-state index contributed by atoms with van der Waals surface area (Å²) in [6.45, 7) is -0.153. The van der Waals surface area contributed by atoms with Crippen LogP contribution in [0.1, 0.15) is 6.42 Å². The van der Waals surface area contributed by atoms with Crippen LogP contribution in [0.15, 0.2) is 12.1 Å². The Morgan fingerprint density at radius 2 is 2.00 bits per heavy atom. The molecule has 0 heterocycles. The van der Waals surface area contributed by atoms with E-state index >= 15 is 0 Å². The summed E-state index contributed by atoms with van der Waals surface area (Å²) in [6, 6.07) is 0.513. The van der Waals surface area contributed by atoms with Crippen molar-refractivity contribution in [3.8, 4) is 0 Å². The molecular weight excluding hydrogens is 298 g/mol. The number of carboxylic acids is 1. The summed E-state index contributed by atoms with van der Waals surface area (Å²) in [5.41, 5.74) is -0.399. The van der Waals surface area contributed by atoms with Gasteiger partial charge >= 0.3 is 12.0 Å². The Labute approximate surface area is 117 Å². The number of hydrogen-bond acceptors (Lipinski definition) is 3. The maximum absolute atomic E-state index is 13.3. The quantitative estimate of drug-likeness (QED) is 0.663. The monoisotopic (exact) mass is 308 g/mol. The first kappa shape index (κ1) is 16.1. The van der Waals surface area contributed by atoms with Gasteiger partial charge in [0.1, 0.15) is 5.82 Å². The number of benzene rings is 1. The Morgan fingerprint density at radius 1 is 1.35 bits per heavy atom. The maximum atomic E-state index is 13.3. The summed E-state index contributed by atoms with van der Waals surface area (Å²) in [5, 5.41) is 21.3. The number of aliphatic hydroxyl groups is 1. The largest absolute Gasteiger partial charge is 0.479 e. The SMILES string of the molecule is O=C(NCCC(O)C(=O)O)Nc1c(F)cc(F)cc1Cl. The predicted octanol–water partition coefficient (Wildman–Crippen LogP) is 1.58. The van der Waals surface area contributed by atoms with Crippen molar-refractivity contribution in [3.05, 3.63) is 28.8 Å². The molecule has 0 spiro atoms. The van der Waals surface area contributed by atoms with E-state index in [4.69, 9.17) is 21.8 Å². The zero-order chi connectivity index (χ0) is 15.3. The third-order valence-electron chi connectivity index (χ3n) is 2.23. The van der Waals surface area contributed by atoms with Crippen molar-refractivity contribution in [3.63, 3.8) is 0 Å². The van der Waals surface area contributed by atoms with Gasteiger partial charge in [0.2, 0.25) is 0 Å². The van der Waals surface area contributed by atoms with Crippen molar-refractivity contribution in [2.75, 3.05) is 11.9 Å². The molecule has 1 aromatic rings. The molecule has 6 nitrogen and oxygen atoms in total. The van der Waals surface area contributed by atoms with Gasteiger partial charge in [0, 0.05) is 19.0 Å². The van der Waals surface area contributed by atoms with Crippen molar-refractivity contribution in [1.29, 1.82) is 0 Å². The lowest BCUT2D eigenvalue weighted by Crippen LogP contribution is -2.33. The van der Waals surface area contributed by atoms with Gasteiger partial charge in [-0.3, -0.25) is 0 Å². The maximum Gasteiger partial charge on any atom is 0.332 e. The highest BCUT2D eigenvalue weighted by molar-refractivity contribution is 6.33. The van der Waals surface area contributed by atoms with Gasteiger partial charge in [-0.25, -0.2) is 18.4 Å². The van der Waals surface area contributed by atoms with E-state index in [9.17, 15) is 18.4 Å². The predicted molar refractivity (Wildman–Crippen MR) is 66.6 cm³/mol. The number of halogens is 3. The number of urea groups is 1. The third kappa shape index (κ3) is 4.63. The van der Waals surface area contributed by atoms with Crippen LogP contribution in [0, 0.1) is 11.6 Å². The normalized spacial score (nSPS) is 11.8. The van der Waals surface area contributed by atoms with E-state index in [1.54, 1.807) is 0 Å². The first-order valence-electron chi connectivity index (χ1n) is 5.41.